The highest BCUT2D eigenvalue weighted by Gasteiger charge is 1.89. The van der Waals surface area contributed by atoms with Crippen molar-refractivity contribution >= 4 is 0 Å². The lowest BCUT2D eigenvalue weighted by atomic mass is 10.3. The van der Waals surface area contributed by atoms with Crippen LogP contribution in [0.15, 0.2) is 10.2 Å². The fraction of sp³-hybridized carbons (Fsp3) is 1.00. The molecule has 1 atom stereocenters. The Morgan fingerprint density at radius 3 is 2.60 bits per heavy atom. The van der Waals surface area contributed by atoms with Crippen molar-refractivity contribution in [3.63, 3.8) is 0 Å². The molecule has 0 spiro atoms. The van der Waals surface area contributed by atoms with E-state index in [0.29, 0.717) is 6.54 Å². The van der Waals surface area contributed by atoms with Crippen LogP contribution in [0.5, 0.6) is 0 Å². The van der Waals surface area contributed by atoms with E-state index >= 15 is 0 Å². The van der Waals surface area contributed by atoms with E-state index in [9.17, 15) is 0 Å². The molecule has 0 aliphatic carbocycles. The van der Waals surface area contributed by atoms with Crippen molar-refractivity contribution < 1.29 is 5.11 Å². The summed E-state index contributed by atoms with van der Waals surface area (Å²) in [4.78, 5) is 0. The van der Waals surface area contributed by atoms with Crippen molar-refractivity contribution in [2.75, 3.05) is 13.1 Å². The Morgan fingerprint density at radius 1 is 1.40 bits per heavy atom. The average molecular weight is 144 g/mol. The van der Waals surface area contributed by atoms with Crippen LogP contribution in [0.3, 0.4) is 0 Å². The van der Waals surface area contributed by atoms with Gasteiger partial charge < -0.3 is 5.11 Å². The van der Waals surface area contributed by atoms with Gasteiger partial charge in [0, 0.05) is 0 Å². The summed E-state index contributed by atoms with van der Waals surface area (Å²) in [6.45, 7) is 5.05. The van der Waals surface area contributed by atoms with Gasteiger partial charge in [-0.25, -0.2) is 0 Å². The topological polar surface area (TPSA) is 45.0 Å². The highest BCUT2D eigenvalue weighted by atomic mass is 16.3. The van der Waals surface area contributed by atoms with E-state index in [1.54, 1.807) is 6.92 Å². The van der Waals surface area contributed by atoms with Gasteiger partial charge in [-0.05, 0) is 13.3 Å². The quantitative estimate of drug-likeness (QED) is 0.462. The first kappa shape index (κ1) is 9.56. The second-order valence-corrected chi connectivity index (χ2v) is 2.39. The summed E-state index contributed by atoms with van der Waals surface area (Å²) >= 11 is 0. The summed E-state index contributed by atoms with van der Waals surface area (Å²) in [5, 5.41) is 16.4. The van der Waals surface area contributed by atoms with Gasteiger partial charge in [-0.3, -0.25) is 0 Å². The Kier molecular flexibility index (Phi) is 6.38. The zero-order valence-corrected chi connectivity index (χ0v) is 6.75. The summed E-state index contributed by atoms with van der Waals surface area (Å²) < 4.78 is 0. The monoisotopic (exact) mass is 144 g/mol. The van der Waals surface area contributed by atoms with Gasteiger partial charge in [0.15, 0.2) is 0 Å². The minimum Gasteiger partial charge on any atom is -0.391 e. The van der Waals surface area contributed by atoms with Gasteiger partial charge in [0.2, 0.25) is 0 Å². The maximum absolute atomic E-state index is 8.76. The van der Waals surface area contributed by atoms with Gasteiger partial charge in [0.05, 0.1) is 19.2 Å². The third kappa shape index (κ3) is 7.56. The first-order valence-corrected chi connectivity index (χ1v) is 3.78. The van der Waals surface area contributed by atoms with Crippen LogP contribution in [0.1, 0.15) is 26.7 Å². The predicted molar refractivity (Wildman–Crippen MR) is 41.2 cm³/mol. The highest BCUT2D eigenvalue weighted by Crippen LogP contribution is 1.88. The van der Waals surface area contributed by atoms with Crippen LogP contribution in [-0.2, 0) is 0 Å². The van der Waals surface area contributed by atoms with E-state index in [0.717, 1.165) is 19.4 Å². The second kappa shape index (κ2) is 6.68. The molecule has 0 fully saturated rings. The van der Waals surface area contributed by atoms with E-state index in [-0.39, 0.29) is 6.10 Å². The molecule has 0 aromatic rings. The molecule has 0 aromatic carbocycles. The minimum absolute atomic E-state index is 0.356. The fourth-order valence-electron chi connectivity index (χ4n) is 0.475. The molecule has 1 N–H and O–H groups in total. The van der Waals surface area contributed by atoms with Crippen molar-refractivity contribution in [1.82, 2.24) is 0 Å². The van der Waals surface area contributed by atoms with Crippen molar-refractivity contribution in [2.45, 2.75) is 32.8 Å². The number of unbranched alkanes of at least 4 members (excludes halogenated alkanes) is 1. The zero-order chi connectivity index (χ0) is 7.82. The van der Waals surface area contributed by atoms with Crippen molar-refractivity contribution in [1.29, 1.82) is 0 Å². The molecule has 10 heavy (non-hydrogen) atoms. The van der Waals surface area contributed by atoms with E-state index in [1.165, 1.54) is 0 Å². The average Bonchev–Trinajstić information content (AvgIpc) is 1.87. The predicted octanol–water partition coefficient (Wildman–Crippen LogP) is 1.62. The van der Waals surface area contributed by atoms with Crippen molar-refractivity contribution in [3.8, 4) is 0 Å². The Morgan fingerprint density at radius 2 is 2.10 bits per heavy atom. The van der Waals surface area contributed by atoms with Crippen LogP contribution in [0.2, 0.25) is 0 Å². The maximum Gasteiger partial charge on any atom is 0.0855 e. The number of aliphatic hydroxyl groups excluding tert-OH is 1. The number of nitrogens with zero attached hydrogens (tertiary/aromatic N) is 2. The zero-order valence-electron chi connectivity index (χ0n) is 6.75. The smallest absolute Gasteiger partial charge is 0.0855 e. The van der Waals surface area contributed by atoms with Gasteiger partial charge in [-0.15, -0.1) is 0 Å². The normalized spacial score (nSPS) is 14.3. The number of rotatable bonds is 5. The summed E-state index contributed by atoms with van der Waals surface area (Å²) in [5.41, 5.74) is 0. The second-order valence-electron chi connectivity index (χ2n) is 2.39. The lowest BCUT2D eigenvalue weighted by molar-refractivity contribution is 0.201. The Labute approximate surface area is 62.2 Å². The highest BCUT2D eigenvalue weighted by molar-refractivity contribution is 4.47. The van der Waals surface area contributed by atoms with Gasteiger partial charge >= 0.3 is 0 Å². The van der Waals surface area contributed by atoms with Gasteiger partial charge in [-0.1, -0.05) is 13.3 Å². The first-order chi connectivity index (χ1) is 4.77. The lowest BCUT2D eigenvalue weighted by Crippen LogP contribution is -2.02. The van der Waals surface area contributed by atoms with Crippen molar-refractivity contribution in [2.24, 2.45) is 10.2 Å². The molecule has 3 heteroatoms. The van der Waals surface area contributed by atoms with Crippen molar-refractivity contribution in [3.05, 3.63) is 0 Å². The lowest BCUT2D eigenvalue weighted by Gasteiger charge is -1.94. The molecule has 0 amide bonds. The molecule has 0 saturated carbocycles. The Balaban J connectivity index is 3.04. The Hall–Kier alpha value is -0.440. The summed E-state index contributed by atoms with van der Waals surface area (Å²) in [5.74, 6) is 0. The van der Waals surface area contributed by atoms with Crippen LogP contribution in [-0.4, -0.2) is 24.3 Å². The molecule has 1 unspecified atom stereocenters. The number of aliphatic hydroxyl groups is 1. The molecule has 3 nitrogen and oxygen atoms in total. The molecule has 0 aliphatic heterocycles. The van der Waals surface area contributed by atoms with Gasteiger partial charge in [0.25, 0.3) is 0 Å². The van der Waals surface area contributed by atoms with Crippen LogP contribution in [0.25, 0.3) is 0 Å². The molecule has 0 radical (unpaired) electrons. The molecule has 0 heterocycles. The van der Waals surface area contributed by atoms with Crippen LogP contribution in [0, 0.1) is 0 Å². The first-order valence-electron chi connectivity index (χ1n) is 3.78. The summed E-state index contributed by atoms with van der Waals surface area (Å²) in [6, 6.07) is 0. The number of azo groups is 1. The molecule has 0 saturated heterocycles. The van der Waals surface area contributed by atoms with E-state index in [1.807, 2.05) is 0 Å². The third-order valence-electron chi connectivity index (χ3n) is 1.06. The molecule has 0 aromatic heterocycles. The SMILES string of the molecule is CCCCN=NCC(C)O. The molecule has 60 valence electrons. The fourth-order valence-corrected chi connectivity index (χ4v) is 0.475. The molecular weight excluding hydrogens is 128 g/mol. The van der Waals surface area contributed by atoms with Crippen LogP contribution < -0.4 is 0 Å². The van der Waals surface area contributed by atoms with Crippen LogP contribution in [0.4, 0.5) is 0 Å². The third-order valence-corrected chi connectivity index (χ3v) is 1.06. The number of hydrogen-bond acceptors (Lipinski definition) is 3. The molecule has 0 bridgehead atoms. The summed E-state index contributed by atoms with van der Waals surface area (Å²) in [6.07, 6.45) is 1.88. The molecule has 0 rings (SSSR count). The Bertz CT molecular complexity index is 91.6. The maximum atomic E-state index is 8.76. The van der Waals surface area contributed by atoms with E-state index in [2.05, 4.69) is 17.2 Å². The minimum atomic E-state index is -0.356. The number of hydrogen-bond donors (Lipinski definition) is 1. The van der Waals surface area contributed by atoms with Crippen LogP contribution >= 0.6 is 0 Å². The molecular formula is C7H16N2O. The largest absolute Gasteiger partial charge is 0.391 e. The summed E-state index contributed by atoms with van der Waals surface area (Å²) in [7, 11) is 0. The van der Waals surface area contributed by atoms with E-state index in [4.69, 9.17) is 5.11 Å². The van der Waals surface area contributed by atoms with Gasteiger partial charge in [0.1, 0.15) is 0 Å². The standard InChI is InChI=1S/C7H16N2O/c1-3-4-5-8-9-6-7(2)10/h7,10H,3-6H2,1-2H3. The van der Waals surface area contributed by atoms with E-state index < -0.39 is 0 Å². The molecule has 0 aliphatic rings. The van der Waals surface area contributed by atoms with Gasteiger partial charge in [-0.2, -0.15) is 10.2 Å².